The van der Waals surface area contributed by atoms with E-state index >= 15 is 0 Å². The summed E-state index contributed by atoms with van der Waals surface area (Å²) in [5.74, 6) is 1.59. The van der Waals surface area contributed by atoms with Gasteiger partial charge < -0.3 is 19.5 Å². The number of para-hydroxylation sites is 2. The van der Waals surface area contributed by atoms with Crippen molar-refractivity contribution >= 4 is 0 Å². The lowest BCUT2D eigenvalue weighted by Crippen LogP contribution is -2.49. The van der Waals surface area contributed by atoms with E-state index in [0.29, 0.717) is 19.3 Å². The molecule has 1 N–H and O–H groups in total. The normalized spacial score (nSPS) is 23.1. The zero-order valence-corrected chi connectivity index (χ0v) is 11.7. The number of likely N-dealkylation sites (N-methyl/N-ethyl adjacent to an activating group) is 1. The first-order valence-corrected chi connectivity index (χ1v) is 7.04. The summed E-state index contributed by atoms with van der Waals surface area (Å²) in [7, 11) is 0. The van der Waals surface area contributed by atoms with E-state index in [9.17, 15) is 0 Å². The Hall–Kier alpha value is -1.26. The molecule has 2 atom stereocenters. The van der Waals surface area contributed by atoms with E-state index < -0.39 is 0 Å². The van der Waals surface area contributed by atoms with Gasteiger partial charge in [-0.15, -0.1) is 0 Å². The lowest BCUT2D eigenvalue weighted by atomic mass is 10.1. The van der Waals surface area contributed by atoms with Gasteiger partial charge in [-0.25, -0.2) is 0 Å². The van der Waals surface area contributed by atoms with Gasteiger partial charge in [-0.1, -0.05) is 19.1 Å². The van der Waals surface area contributed by atoms with Gasteiger partial charge in [0.05, 0.1) is 13.2 Å². The second-order valence-electron chi connectivity index (χ2n) is 4.56. The molecule has 1 aromatic rings. The van der Waals surface area contributed by atoms with Crippen LogP contribution in [0.2, 0.25) is 0 Å². The highest BCUT2D eigenvalue weighted by Crippen LogP contribution is 2.28. The monoisotopic (exact) mass is 265 g/mol. The predicted molar refractivity (Wildman–Crippen MR) is 74.9 cm³/mol. The van der Waals surface area contributed by atoms with Crippen molar-refractivity contribution in [1.82, 2.24) is 5.32 Å². The number of rotatable bonds is 6. The molecule has 2 rings (SSSR count). The number of nitrogens with one attached hydrogen (secondary N) is 1. The molecule has 1 fully saturated rings. The Labute approximate surface area is 115 Å². The first kappa shape index (κ1) is 14.2. The molecule has 0 aromatic heterocycles. The Morgan fingerprint density at radius 2 is 2.05 bits per heavy atom. The van der Waals surface area contributed by atoms with Crippen LogP contribution in [0.3, 0.4) is 0 Å². The van der Waals surface area contributed by atoms with Crippen molar-refractivity contribution in [3.05, 3.63) is 24.3 Å². The van der Waals surface area contributed by atoms with E-state index in [-0.39, 0.29) is 6.10 Å². The highest BCUT2D eigenvalue weighted by molar-refractivity contribution is 5.39. The van der Waals surface area contributed by atoms with Crippen molar-refractivity contribution in [1.29, 1.82) is 0 Å². The molecular formula is C15H23NO3. The van der Waals surface area contributed by atoms with Crippen molar-refractivity contribution in [2.24, 2.45) is 0 Å². The van der Waals surface area contributed by atoms with Crippen molar-refractivity contribution in [3.8, 4) is 11.5 Å². The third-order valence-corrected chi connectivity index (χ3v) is 3.20. The Bertz CT molecular complexity index is 381. The maximum Gasteiger partial charge on any atom is 0.161 e. The van der Waals surface area contributed by atoms with Crippen LogP contribution in [0.5, 0.6) is 11.5 Å². The topological polar surface area (TPSA) is 39.7 Å². The van der Waals surface area contributed by atoms with Gasteiger partial charge in [0.15, 0.2) is 11.5 Å². The molecule has 4 heteroatoms. The molecule has 4 nitrogen and oxygen atoms in total. The van der Waals surface area contributed by atoms with E-state index in [0.717, 1.165) is 31.1 Å². The number of hydrogen-bond donors (Lipinski definition) is 1. The van der Waals surface area contributed by atoms with E-state index in [1.807, 2.05) is 31.2 Å². The van der Waals surface area contributed by atoms with Crippen molar-refractivity contribution in [3.63, 3.8) is 0 Å². The molecule has 1 saturated heterocycles. The average molecular weight is 265 g/mol. The van der Waals surface area contributed by atoms with Gasteiger partial charge in [-0.05, 0) is 32.0 Å². The molecule has 1 aliphatic heterocycles. The first-order chi connectivity index (χ1) is 9.35. The minimum absolute atomic E-state index is 0.0373. The lowest BCUT2D eigenvalue weighted by Gasteiger charge is -2.32. The van der Waals surface area contributed by atoms with E-state index in [1.54, 1.807) is 0 Å². The van der Waals surface area contributed by atoms with Gasteiger partial charge in [0.1, 0.15) is 6.10 Å². The van der Waals surface area contributed by atoms with Crippen LogP contribution in [0.4, 0.5) is 0 Å². The van der Waals surface area contributed by atoms with Gasteiger partial charge in [0.2, 0.25) is 0 Å². The van der Waals surface area contributed by atoms with Crippen LogP contribution in [-0.4, -0.2) is 38.5 Å². The van der Waals surface area contributed by atoms with E-state index in [4.69, 9.17) is 14.2 Å². The van der Waals surface area contributed by atoms with Gasteiger partial charge in [-0.3, -0.25) is 0 Å². The van der Waals surface area contributed by atoms with Crippen molar-refractivity contribution < 1.29 is 14.2 Å². The zero-order chi connectivity index (χ0) is 13.5. The fourth-order valence-corrected chi connectivity index (χ4v) is 2.31. The molecule has 1 heterocycles. The molecule has 1 aromatic carbocycles. The van der Waals surface area contributed by atoms with Crippen LogP contribution in [0, 0.1) is 0 Å². The summed E-state index contributed by atoms with van der Waals surface area (Å²) < 4.78 is 17.2. The standard InChI is InChI=1S/C15H23NO3/c1-3-16-12-9-10-17-11-15(12)19-14-8-6-5-7-13(14)18-4-2/h5-8,12,15-16H,3-4,9-11H2,1-2H3. The molecule has 1 aliphatic rings. The fraction of sp³-hybridized carbons (Fsp3) is 0.600. The quantitative estimate of drug-likeness (QED) is 0.856. The van der Waals surface area contributed by atoms with Crippen LogP contribution in [0.15, 0.2) is 24.3 Å². The summed E-state index contributed by atoms with van der Waals surface area (Å²) in [6.45, 7) is 7.08. The molecule has 0 saturated carbocycles. The lowest BCUT2D eigenvalue weighted by molar-refractivity contribution is -0.0153. The summed E-state index contributed by atoms with van der Waals surface area (Å²) in [6.07, 6.45) is 1.02. The third kappa shape index (κ3) is 3.85. The first-order valence-electron chi connectivity index (χ1n) is 7.04. The maximum atomic E-state index is 6.09. The van der Waals surface area contributed by atoms with Crippen LogP contribution in [0.25, 0.3) is 0 Å². The molecular weight excluding hydrogens is 242 g/mol. The van der Waals surface area contributed by atoms with Crippen LogP contribution < -0.4 is 14.8 Å². The highest BCUT2D eigenvalue weighted by atomic mass is 16.6. The second kappa shape index (κ2) is 7.36. The van der Waals surface area contributed by atoms with Crippen molar-refractivity contribution in [2.45, 2.75) is 32.4 Å². The summed E-state index contributed by atoms with van der Waals surface area (Å²) >= 11 is 0. The molecule has 0 spiro atoms. The highest BCUT2D eigenvalue weighted by Gasteiger charge is 2.27. The predicted octanol–water partition coefficient (Wildman–Crippen LogP) is 2.23. The third-order valence-electron chi connectivity index (χ3n) is 3.20. The van der Waals surface area contributed by atoms with Crippen LogP contribution in [0.1, 0.15) is 20.3 Å². The molecule has 19 heavy (non-hydrogen) atoms. The molecule has 106 valence electrons. The van der Waals surface area contributed by atoms with Crippen LogP contribution in [-0.2, 0) is 4.74 Å². The molecule has 2 unspecified atom stereocenters. The summed E-state index contributed by atoms with van der Waals surface area (Å²) in [5, 5.41) is 3.46. The van der Waals surface area contributed by atoms with Gasteiger partial charge in [0.25, 0.3) is 0 Å². The molecule has 0 radical (unpaired) electrons. The number of benzene rings is 1. The Kier molecular flexibility index (Phi) is 5.48. The van der Waals surface area contributed by atoms with Gasteiger partial charge in [-0.2, -0.15) is 0 Å². The Morgan fingerprint density at radius 3 is 2.79 bits per heavy atom. The molecule has 0 aliphatic carbocycles. The molecule has 0 bridgehead atoms. The van der Waals surface area contributed by atoms with Gasteiger partial charge in [0, 0.05) is 12.6 Å². The number of ether oxygens (including phenoxy) is 3. The summed E-state index contributed by atoms with van der Waals surface area (Å²) in [4.78, 5) is 0. The van der Waals surface area contributed by atoms with Crippen molar-refractivity contribution in [2.75, 3.05) is 26.4 Å². The largest absolute Gasteiger partial charge is 0.490 e. The maximum absolute atomic E-state index is 6.09. The Balaban J connectivity index is 2.05. The summed E-state index contributed by atoms with van der Waals surface area (Å²) in [5.41, 5.74) is 0. The average Bonchev–Trinajstić information content (AvgIpc) is 2.44. The second-order valence-corrected chi connectivity index (χ2v) is 4.56. The Morgan fingerprint density at radius 1 is 1.26 bits per heavy atom. The fourth-order valence-electron chi connectivity index (χ4n) is 2.31. The minimum Gasteiger partial charge on any atom is -0.490 e. The SMILES string of the molecule is CCNC1CCOCC1Oc1ccccc1OCC. The molecule has 0 amide bonds. The van der Waals surface area contributed by atoms with Crippen LogP contribution >= 0.6 is 0 Å². The number of hydrogen-bond acceptors (Lipinski definition) is 4. The van der Waals surface area contributed by atoms with E-state index in [2.05, 4.69) is 12.2 Å². The zero-order valence-electron chi connectivity index (χ0n) is 11.7. The summed E-state index contributed by atoms with van der Waals surface area (Å²) in [6, 6.07) is 8.14. The minimum atomic E-state index is 0.0373. The van der Waals surface area contributed by atoms with Gasteiger partial charge >= 0.3 is 0 Å². The van der Waals surface area contributed by atoms with E-state index in [1.165, 1.54) is 0 Å². The smallest absolute Gasteiger partial charge is 0.161 e.